The van der Waals surface area contributed by atoms with Crippen LogP contribution in [0.2, 0.25) is 0 Å². The first-order valence-electron chi connectivity index (χ1n) is 7.02. The quantitative estimate of drug-likeness (QED) is 0.756. The van der Waals surface area contributed by atoms with Gasteiger partial charge in [-0.05, 0) is 39.0 Å². The van der Waals surface area contributed by atoms with Gasteiger partial charge in [-0.3, -0.25) is 4.79 Å². The molecule has 6 nitrogen and oxygen atoms in total. The highest BCUT2D eigenvalue weighted by molar-refractivity contribution is 9.10. The molecule has 2 aromatic heterocycles. The highest BCUT2D eigenvalue weighted by Crippen LogP contribution is 2.22. The van der Waals surface area contributed by atoms with Crippen molar-refractivity contribution in [3.63, 3.8) is 0 Å². The van der Waals surface area contributed by atoms with Crippen LogP contribution in [0.15, 0.2) is 39.3 Å². The number of nitrogens with zero attached hydrogens (tertiary/aromatic N) is 3. The standard InChI is InChI=1S/C16H15BrN4O2/c1-9-7-14(18-16(22)15-10(2)20-23-11(15)3)21(19-9)13-6-4-5-12(17)8-13/h4-8H,1-3H3,(H,18,22). The third kappa shape index (κ3) is 3.05. The number of amides is 1. The molecule has 0 bridgehead atoms. The molecule has 0 unspecified atom stereocenters. The predicted molar refractivity (Wildman–Crippen MR) is 89.9 cm³/mol. The molecule has 0 aliphatic carbocycles. The van der Waals surface area contributed by atoms with E-state index in [2.05, 4.69) is 31.5 Å². The number of rotatable bonds is 3. The van der Waals surface area contributed by atoms with Gasteiger partial charge in [0.2, 0.25) is 0 Å². The van der Waals surface area contributed by atoms with Crippen LogP contribution in [0.4, 0.5) is 5.82 Å². The maximum Gasteiger partial charge on any atom is 0.262 e. The van der Waals surface area contributed by atoms with Crippen LogP contribution >= 0.6 is 15.9 Å². The van der Waals surface area contributed by atoms with Crippen LogP contribution in [0.5, 0.6) is 0 Å². The Morgan fingerprint density at radius 3 is 2.70 bits per heavy atom. The fourth-order valence-electron chi connectivity index (χ4n) is 2.38. The number of carbonyl (C=O) groups is 1. The minimum Gasteiger partial charge on any atom is -0.361 e. The predicted octanol–water partition coefficient (Wildman–Crippen LogP) is 3.80. The zero-order chi connectivity index (χ0) is 16.6. The topological polar surface area (TPSA) is 73.0 Å². The zero-order valence-electron chi connectivity index (χ0n) is 12.9. The Morgan fingerprint density at radius 2 is 2.04 bits per heavy atom. The van der Waals surface area contributed by atoms with Gasteiger partial charge in [0.05, 0.1) is 17.1 Å². The van der Waals surface area contributed by atoms with E-state index in [-0.39, 0.29) is 5.91 Å². The molecule has 0 aliphatic rings. The molecule has 1 N–H and O–H groups in total. The van der Waals surface area contributed by atoms with Gasteiger partial charge in [-0.2, -0.15) is 5.10 Å². The van der Waals surface area contributed by atoms with Crippen molar-refractivity contribution in [3.05, 3.63) is 57.5 Å². The average molecular weight is 375 g/mol. The molecule has 3 rings (SSSR count). The number of halogens is 1. The number of aryl methyl sites for hydroxylation is 3. The minimum atomic E-state index is -0.266. The number of hydrogen-bond donors (Lipinski definition) is 1. The van der Waals surface area contributed by atoms with Gasteiger partial charge in [-0.1, -0.05) is 27.2 Å². The number of nitrogens with one attached hydrogen (secondary N) is 1. The van der Waals surface area contributed by atoms with Gasteiger partial charge in [0.25, 0.3) is 5.91 Å². The van der Waals surface area contributed by atoms with Crippen LogP contribution in [0.25, 0.3) is 5.69 Å². The first-order valence-corrected chi connectivity index (χ1v) is 7.82. The molecular formula is C16H15BrN4O2. The van der Waals surface area contributed by atoms with E-state index in [9.17, 15) is 4.79 Å². The zero-order valence-corrected chi connectivity index (χ0v) is 14.5. The molecule has 0 saturated carbocycles. The second-order valence-electron chi connectivity index (χ2n) is 5.22. The molecule has 0 spiro atoms. The minimum absolute atomic E-state index is 0.266. The van der Waals surface area contributed by atoms with Crippen molar-refractivity contribution >= 4 is 27.7 Å². The monoisotopic (exact) mass is 374 g/mol. The maximum absolute atomic E-state index is 12.5. The molecule has 118 valence electrons. The summed E-state index contributed by atoms with van der Waals surface area (Å²) in [5.74, 6) is 0.813. The summed E-state index contributed by atoms with van der Waals surface area (Å²) >= 11 is 3.44. The van der Waals surface area contributed by atoms with Gasteiger partial charge in [0, 0.05) is 10.5 Å². The van der Waals surface area contributed by atoms with E-state index in [0.717, 1.165) is 15.9 Å². The fourth-order valence-corrected chi connectivity index (χ4v) is 2.77. The summed E-state index contributed by atoms with van der Waals surface area (Å²) in [5, 5.41) is 11.1. The molecule has 0 fully saturated rings. The van der Waals surface area contributed by atoms with Crippen LogP contribution in [0, 0.1) is 20.8 Å². The molecule has 1 amide bonds. The Balaban J connectivity index is 1.97. The average Bonchev–Trinajstić information content (AvgIpc) is 3.01. The van der Waals surface area contributed by atoms with E-state index < -0.39 is 0 Å². The van der Waals surface area contributed by atoms with Crippen molar-refractivity contribution in [3.8, 4) is 5.69 Å². The molecule has 1 aromatic carbocycles. The lowest BCUT2D eigenvalue weighted by Crippen LogP contribution is -2.16. The molecule has 7 heteroatoms. The smallest absolute Gasteiger partial charge is 0.262 e. The van der Waals surface area contributed by atoms with Crippen LogP contribution in [-0.4, -0.2) is 20.8 Å². The lowest BCUT2D eigenvalue weighted by molar-refractivity contribution is 0.102. The lowest BCUT2D eigenvalue weighted by Gasteiger charge is -2.09. The molecular weight excluding hydrogens is 360 g/mol. The lowest BCUT2D eigenvalue weighted by atomic mass is 10.2. The first kappa shape index (κ1) is 15.5. The number of anilines is 1. The highest BCUT2D eigenvalue weighted by Gasteiger charge is 2.19. The molecule has 0 atom stereocenters. The second kappa shape index (κ2) is 6.00. The Labute approximate surface area is 141 Å². The van der Waals surface area contributed by atoms with Crippen LogP contribution < -0.4 is 5.32 Å². The Morgan fingerprint density at radius 1 is 1.26 bits per heavy atom. The van der Waals surface area contributed by atoms with Gasteiger partial charge in [0.15, 0.2) is 0 Å². The first-order chi connectivity index (χ1) is 11.0. The maximum atomic E-state index is 12.5. The highest BCUT2D eigenvalue weighted by atomic mass is 79.9. The number of hydrogen-bond acceptors (Lipinski definition) is 4. The Bertz CT molecular complexity index is 863. The molecule has 3 aromatic rings. The van der Waals surface area contributed by atoms with E-state index in [1.165, 1.54) is 0 Å². The molecule has 2 heterocycles. The van der Waals surface area contributed by atoms with Crippen LogP contribution in [0.1, 0.15) is 27.5 Å². The summed E-state index contributed by atoms with van der Waals surface area (Å²) in [7, 11) is 0. The van der Waals surface area contributed by atoms with Gasteiger partial charge in [-0.25, -0.2) is 4.68 Å². The Hall–Kier alpha value is -2.41. The van der Waals surface area contributed by atoms with E-state index in [1.807, 2.05) is 37.3 Å². The number of carbonyl (C=O) groups excluding carboxylic acids is 1. The van der Waals surface area contributed by atoms with Crippen molar-refractivity contribution in [1.82, 2.24) is 14.9 Å². The van der Waals surface area contributed by atoms with Crippen molar-refractivity contribution in [2.45, 2.75) is 20.8 Å². The van der Waals surface area contributed by atoms with Gasteiger partial charge in [0.1, 0.15) is 17.1 Å². The van der Waals surface area contributed by atoms with Crippen molar-refractivity contribution < 1.29 is 9.32 Å². The van der Waals surface area contributed by atoms with Crippen molar-refractivity contribution in [1.29, 1.82) is 0 Å². The summed E-state index contributed by atoms with van der Waals surface area (Å²) < 4.78 is 7.68. The summed E-state index contributed by atoms with van der Waals surface area (Å²) in [6.45, 7) is 5.33. The summed E-state index contributed by atoms with van der Waals surface area (Å²) in [5.41, 5.74) is 2.66. The third-order valence-electron chi connectivity index (χ3n) is 3.39. The van der Waals surface area contributed by atoms with Gasteiger partial charge < -0.3 is 9.84 Å². The normalized spacial score (nSPS) is 10.8. The van der Waals surface area contributed by atoms with E-state index in [0.29, 0.717) is 22.8 Å². The molecule has 0 aliphatic heterocycles. The second-order valence-corrected chi connectivity index (χ2v) is 6.13. The molecule has 0 radical (unpaired) electrons. The molecule has 23 heavy (non-hydrogen) atoms. The van der Waals surface area contributed by atoms with Gasteiger partial charge in [-0.15, -0.1) is 0 Å². The summed E-state index contributed by atoms with van der Waals surface area (Å²) in [4.78, 5) is 12.5. The Kier molecular flexibility index (Phi) is 4.04. The van der Waals surface area contributed by atoms with E-state index in [4.69, 9.17) is 4.52 Å². The van der Waals surface area contributed by atoms with Crippen LogP contribution in [-0.2, 0) is 0 Å². The third-order valence-corrected chi connectivity index (χ3v) is 3.88. The largest absolute Gasteiger partial charge is 0.361 e. The SMILES string of the molecule is Cc1cc(NC(=O)c2c(C)noc2C)n(-c2cccc(Br)c2)n1. The molecule has 0 saturated heterocycles. The van der Waals surface area contributed by atoms with Gasteiger partial charge >= 0.3 is 0 Å². The fraction of sp³-hybridized carbons (Fsp3) is 0.188. The van der Waals surface area contributed by atoms with E-state index in [1.54, 1.807) is 18.5 Å². The number of aromatic nitrogens is 3. The number of benzene rings is 1. The van der Waals surface area contributed by atoms with Crippen molar-refractivity contribution in [2.75, 3.05) is 5.32 Å². The summed E-state index contributed by atoms with van der Waals surface area (Å²) in [6.07, 6.45) is 0. The van der Waals surface area contributed by atoms with E-state index >= 15 is 0 Å². The summed E-state index contributed by atoms with van der Waals surface area (Å²) in [6, 6.07) is 9.51. The van der Waals surface area contributed by atoms with Crippen molar-refractivity contribution in [2.24, 2.45) is 0 Å². The van der Waals surface area contributed by atoms with Crippen LogP contribution in [0.3, 0.4) is 0 Å².